The zero-order valence-electron chi connectivity index (χ0n) is 48.7. The fourth-order valence-corrected chi connectivity index (χ4v) is 109. The second kappa shape index (κ2) is 21.0. The molecule has 0 aliphatic carbocycles. The Kier molecular flexibility index (Phi) is 20.0. The Hall–Kier alpha value is 2.34. The van der Waals surface area contributed by atoms with Gasteiger partial charge in [0, 0.05) is 19.3 Å². The minimum atomic E-state index is -3.85. The van der Waals surface area contributed by atoms with Gasteiger partial charge in [0.15, 0.2) is 74.9 Å². The minimum Gasteiger partial charge on any atom is -0.438 e. The van der Waals surface area contributed by atoms with Crippen LogP contribution in [0.4, 0.5) is 0 Å². The van der Waals surface area contributed by atoms with E-state index in [0.717, 1.165) is 49.9 Å². The van der Waals surface area contributed by atoms with Crippen molar-refractivity contribution in [3.63, 3.8) is 0 Å². The van der Waals surface area contributed by atoms with E-state index in [0.29, 0.717) is 19.3 Å². The van der Waals surface area contributed by atoms with Gasteiger partial charge in [-0.15, -0.1) is 0 Å². The molecule has 3 rings (SSSR count). The van der Waals surface area contributed by atoms with Crippen LogP contribution in [0.25, 0.3) is 0 Å². The monoisotopic (exact) mass is 1170 g/mol. The summed E-state index contributed by atoms with van der Waals surface area (Å²) in [6.07, 6.45) is 5.19. The molecule has 0 N–H and O–H groups in total. The first kappa shape index (κ1) is 63.6. The Bertz CT molecular complexity index is 1400. The highest BCUT2D eigenvalue weighted by atomic mass is 30.0. The molecular weight excluding hydrogens is 1060 g/mol. The Morgan fingerprint density at radius 2 is 0.522 bits per heavy atom. The molecule has 3 unspecified atom stereocenters. The van der Waals surface area contributed by atoms with Gasteiger partial charge in [-0.05, 0) is 214 Å². The first-order valence-electron chi connectivity index (χ1n) is 25.8. The fourth-order valence-electron chi connectivity index (χ4n) is 10.6. The topological polar surface area (TPSA) is 111 Å². The van der Waals surface area contributed by atoms with Gasteiger partial charge in [0.2, 0.25) is 6.63 Å². The van der Waals surface area contributed by atoms with E-state index in [1.165, 1.54) is 0 Å². The maximum absolute atomic E-state index is 8.52. The van der Waals surface area contributed by atoms with Crippen molar-refractivity contribution in [2.24, 2.45) is 0 Å². The van der Waals surface area contributed by atoms with Gasteiger partial charge in [0.1, 0.15) is 0 Å². The van der Waals surface area contributed by atoms with Crippen molar-refractivity contribution in [3.8, 4) is 0 Å². The molecule has 3 heterocycles. The SMILES string of the molecule is CCC[Si]([Si]1(O[Si](C)(C)C)CCCC(O[Si](C)(C)C)(O[Si](C)(C)C)O1)([Si]1(O[Si](C)(C)C)CCCC(O[Si](C)(C)C)(O[Si](C)(C)C)O1)[Si]1(O[Si](C)(C)C)CCCC(O[Si](C)(C)C)(O[Si](C)(C)C)O1. The lowest BCUT2D eigenvalue weighted by molar-refractivity contribution is -0.285. The highest BCUT2D eigenvalue weighted by Gasteiger charge is 2.89. The van der Waals surface area contributed by atoms with Crippen LogP contribution in [-0.4, -0.2) is 124 Å². The lowest BCUT2D eigenvalue weighted by atomic mass is 10.3. The molecule has 398 valence electrons. The summed E-state index contributed by atoms with van der Waals surface area (Å²) in [4.78, 5) is 0. The third kappa shape index (κ3) is 18.0. The van der Waals surface area contributed by atoms with E-state index in [1.54, 1.807) is 0 Å². The van der Waals surface area contributed by atoms with Crippen LogP contribution in [0.5, 0.6) is 0 Å². The molecule has 25 heteroatoms. The summed E-state index contributed by atoms with van der Waals surface area (Å²) in [5.41, 5.74) is 0. The molecular formula is C42H106O12Si13. The molecule has 0 aromatic heterocycles. The normalized spacial score (nSPS) is 28.3. The van der Waals surface area contributed by atoms with Gasteiger partial charge < -0.3 is 52.2 Å². The molecule has 3 fully saturated rings. The summed E-state index contributed by atoms with van der Waals surface area (Å²) >= 11 is 0. The number of hydrogen-bond donors (Lipinski definition) is 0. The molecule has 12 nitrogen and oxygen atoms in total. The van der Waals surface area contributed by atoms with Crippen molar-refractivity contribution in [3.05, 3.63) is 0 Å². The van der Waals surface area contributed by atoms with Gasteiger partial charge >= 0.3 is 24.2 Å². The predicted molar refractivity (Wildman–Crippen MR) is 312 cm³/mol. The lowest BCUT2D eigenvalue weighted by Crippen LogP contribution is -2.97. The van der Waals surface area contributed by atoms with E-state index >= 15 is 0 Å². The molecule has 0 radical (unpaired) electrons. The van der Waals surface area contributed by atoms with Gasteiger partial charge in [-0.25, -0.2) is 0 Å². The second-order valence-electron chi connectivity index (χ2n) is 28.8. The van der Waals surface area contributed by atoms with Gasteiger partial charge in [-0.2, -0.15) is 0 Å². The Morgan fingerprint density at radius 3 is 0.672 bits per heavy atom. The molecule has 67 heavy (non-hydrogen) atoms. The van der Waals surface area contributed by atoms with Crippen molar-refractivity contribution in [1.29, 1.82) is 0 Å². The van der Waals surface area contributed by atoms with Gasteiger partial charge in [-0.3, -0.25) is 0 Å². The van der Waals surface area contributed by atoms with Gasteiger partial charge in [-0.1, -0.05) is 19.4 Å². The predicted octanol–water partition coefficient (Wildman–Crippen LogP) is 14.5. The molecule has 3 aliphatic rings. The van der Waals surface area contributed by atoms with Gasteiger partial charge in [0.05, 0.1) is 0 Å². The smallest absolute Gasteiger partial charge is 0.317 e. The molecule has 0 spiro atoms. The minimum absolute atomic E-state index is 0.624. The summed E-state index contributed by atoms with van der Waals surface area (Å²) in [6.45, 7) is 60.3. The summed E-state index contributed by atoms with van der Waals surface area (Å²) in [7, 11) is -33.2. The Morgan fingerprint density at radius 1 is 0.328 bits per heavy atom. The van der Waals surface area contributed by atoms with Crippen LogP contribution in [0, 0.1) is 0 Å². The molecule has 3 aliphatic heterocycles. The summed E-state index contributed by atoms with van der Waals surface area (Å²) in [5.74, 6) is -3.92. The lowest BCUT2D eigenvalue weighted by Gasteiger charge is -2.67. The second-order valence-corrected chi connectivity index (χ2v) is 98.4. The van der Waals surface area contributed by atoms with E-state index in [-0.39, 0.29) is 0 Å². The van der Waals surface area contributed by atoms with E-state index in [4.69, 9.17) is 52.2 Å². The molecule has 0 bridgehead atoms. The van der Waals surface area contributed by atoms with E-state index in [1.807, 2.05) is 0 Å². The quantitative estimate of drug-likeness (QED) is 0.0717. The zero-order valence-corrected chi connectivity index (χ0v) is 61.7. The maximum atomic E-state index is 8.52. The van der Waals surface area contributed by atoms with Crippen LogP contribution in [0.15, 0.2) is 0 Å². The number of hydrogen-bond acceptors (Lipinski definition) is 12. The molecule has 0 aromatic carbocycles. The largest absolute Gasteiger partial charge is 0.438 e. The summed E-state index contributed by atoms with van der Waals surface area (Å²) < 4.78 is 95.9. The zero-order chi connectivity index (χ0) is 52.3. The maximum Gasteiger partial charge on any atom is 0.317 e. The van der Waals surface area contributed by atoms with Crippen molar-refractivity contribution in [2.45, 2.75) is 271 Å². The molecule has 0 amide bonds. The van der Waals surface area contributed by atoms with E-state index in [9.17, 15) is 0 Å². The van der Waals surface area contributed by atoms with Crippen LogP contribution in [0.1, 0.15) is 51.9 Å². The highest BCUT2D eigenvalue weighted by Crippen LogP contribution is 2.60. The fraction of sp³-hybridized carbons (Fsp3) is 1.00. The first-order chi connectivity index (χ1) is 29.4. The summed E-state index contributed by atoms with van der Waals surface area (Å²) in [6, 6.07) is 3.05. The molecule has 3 saturated heterocycles. The van der Waals surface area contributed by atoms with Gasteiger partial charge in [0.25, 0.3) is 17.9 Å². The van der Waals surface area contributed by atoms with Crippen molar-refractivity contribution < 1.29 is 52.2 Å². The van der Waals surface area contributed by atoms with Crippen LogP contribution in [0.3, 0.4) is 0 Å². The Labute approximate surface area is 425 Å². The van der Waals surface area contributed by atoms with Crippen LogP contribution < -0.4 is 0 Å². The highest BCUT2D eigenvalue weighted by molar-refractivity contribution is 7.86. The standard InChI is InChI=1S/C42H106O12Si13/c1-29-36-67(64(52-61(20,21)22)37-30-33-40(49-64,43-55(2,3)4)44-56(5,6)7,65(53-62(23,24)25)38-31-34-41(50-65,45-57(8,9)10)46-58(11,12)13)66(54-63(26,27)28)39-32-35-42(51-66,47-59(14,15)16)48-60(17,18)19/h29-39H2,1-28H3. The molecule has 0 saturated carbocycles. The van der Waals surface area contributed by atoms with E-state index in [2.05, 4.69) is 184 Å². The third-order valence-corrected chi connectivity index (χ3v) is 78.1. The van der Waals surface area contributed by atoms with Crippen molar-refractivity contribution >= 4 is 106 Å². The molecule has 3 atom stereocenters. The van der Waals surface area contributed by atoms with Crippen molar-refractivity contribution in [2.75, 3.05) is 0 Å². The average Bonchev–Trinajstić information content (AvgIpc) is 2.95. The van der Waals surface area contributed by atoms with Crippen LogP contribution in [-0.2, 0) is 52.2 Å². The van der Waals surface area contributed by atoms with Crippen molar-refractivity contribution in [1.82, 2.24) is 0 Å². The Balaban J connectivity index is 2.95. The first-order valence-corrected chi connectivity index (χ1v) is 67.8. The third-order valence-electron chi connectivity index (χ3n) is 10.7. The van der Waals surface area contributed by atoms with Crippen LogP contribution >= 0.6 is 0 Å². The summed E-state index contributed by atoms with van der Waals surface area (Å²) in [5, 5.41) is 0. The van der Waals surface area contributed by atoms with Crippen LogP contribution in [0.2, 0.25) is 201 Å². The molecule has 0 aromatic rings. The average molecular weight is 1170 g/mol. The van der Waals surface area contributed by atoms with E-state index < -0.39 is 124 Å². The number of rotatable bonds is 23.